The minimum absolute atomic E-state index is 0.924. The van der Waals surface area contributed by atoms with Gasteiger partial charge in [0.15, 0.2) is 0 Å². The Bertz CT molecular complexity index is 756. The normalized spacial score (nSPS) is 11.1. The number of ether oxygens (including phenoxy) is 1. The number of fused-ring (bicyclic) bond motifs is 3. The Labute approximate surface area is 113 Å². The first-order valence-electron chi connectivity index (χ1n) is 6.74. The standard InChI is InChI=1S/C18H18O/c1-4-14-12(2)18-11-13(19-3)9-10-17(18)16-8-6-5-7-15(14)16/h5-11H,4H2,1-3H3. The monoisotopic (exact) mass is 250 g/mol. The first-order chi connectivity index (χ1) is 9.26. The van der Waals surface area contributed by atoms with Crippen molar-refractivity contribution in [1.82, 2.24) is 0 Å². The summed E-state index contributed by atoms with van der Waals surface area (Å²) in [6, 6.07) is 15.0. The third-order valence-electron chi connectivity index (χ3n) is 3.98. The summed E-state index contributed by atoms with van der Waals surface area (Å²) < 4.78 is 5.36. The van der Waals surface area contributed by atoms with E-state index in [0.29, 0.717) is 0 Å². The molecule has 3 aromatic rings. The van der Waals surface area contributed by atoms with Crippen molar-refractivity contribution in [3.05, 3.63) is 53.6 Å². The second-order valence-electron chi connectivity index (χ2n) is 4.91. The van der Waals surface area contributed by atoms with E-state index in [1.54, 1.807) is 7.11 Å². The molecule has 1 heteroatoms. The summed E-state index contributed by atoms with van der Waals surface area (Å²) in [5.74, 6) is 0.924. The number of aryl methyl sites for hydroxylation is 2. The molecular weight excluding hydrogens is 232 g/mol. The lowest BCUT2D eigenvalue weighted by molar-refractivity contribution is 0.415. The van der Waals surface area contributed by atoms with Crippen molar-refractivity contribution in [2.24, 2.45) is 0 Å². The van der Waals surface area contributed by atoms with Crippen LogP contribution in [0.5, 0.6) is 5.75 Å². The average Bonchev–Trinajstić information content (AvgIpc) is 2.47. The lowest BCUT2D eigenvalue weighted by Gasteiger charge is -2.14. The zero-order chi connectivity index (χ0) is 13.4. The topological polar surface area (TPSA) is 9.23 Å². The molecule has 19 heavy (non-hydrogen) atoms. The predicted molar refractivity (Wildman–Crippen MR) is 82.1 cm³/mol. The third kappa shape index (κ3) is 1.77. The Kier molecular flexibility index (Phi) is 2.90. The summed E-state index contributed by atoms with van der Waals surface area (Å²) in [6.07, 6.45) is 1.06. The molecule has 0 fully saturated rings. The van der Waals surface area contributed by atoms with Crippen LogP contribution < -0.4 is 4.74 Å². The molecule has 0 bridgehead atoms. The molecule has 0 saturated carbocycles. The lowest BCUT2D eigenvalue weighted by atomic mass is 9.91. The van der Waals surface area contributed by atoms with Crippen molar-refractivity contribution in [2.45, 2.75) is 20.3 Å². The number of rotatable bonds is 2. The van der Waals surface area contributed by atoms with E-state index in [1.807, 2.05) is 6.07 Å². The zero-order valence-electron chi connectivity index (χ0n) is 11.7. The van der Waals surface area contributed by atoms with Crippen LogP contribution in [-0.4, -0.2) is 7.11 Å². The van der Waals surface area contributed by atoms with Crippen molar-refractivity contribution in [3.63, 3.8) is 0 Å². The van der Waals surface area contributed by atoms with Crippen LogP contribution in [0.1, 0.15) is 18.1 Å². The summed E-state index contributed by atoms with van der Waals surface area (Å²) in [4.78, 5) is 0. The SMILES string of the molecule is CCc1c(C)c2cc(OC)ccc2c2ccccc12. The van der Waals surface area contributed by atoms with E-state index >= 15 is 0 Å². The second kappa shape index (κ2) is 4.58. The summed E-state index contributed by atoms with van der Waals surface area (Å²) in [6.45, 7) is 4.44. The van der Waals surface area contributed by atoms with Gasteiger partial charge in [0.05, 0.1) is 7.11 Å². The highest BCUT2D eigenvalue weighted by atomic mass is 16.5. The smallest absolute Gasteiger partial charge is 0.119 e. The van der Waals surface area contributed by atoms with Gasteiger partial charge in [-0.05, 0) is 58.1 Å². The van der Waals surface area contributed by atoms with Gasteiger partial charge in [-0.1, -0.05) is 37.3 Å². The van der Waals surface area contributed by atoms with Crippen LogP contribution in [0.25, 0.3) is 21.5 Å². The Morgan fingerprint density at radius 1 is 0.895 bits per heavy atom. The molecule has 0 unspecified atom stereocenters. The average molecular weight is 250 g/mol. The maximum absolute atomic E-state index is 5.36. The van der Waals surface area contributed by atoms with Gasteiger partial charge in [0.2, 0.25) is 0 Å². The molecule has 0 aliphatic carbocycles. The molecule has 3 aromatic carbocycles. The van der Waals surface area contributed by atoms with E-state index in [-0.39, 0.29) is 0 Å². The molecule has 96 valence electrons. The molecule has 0 heterocycles. The van der Waals surface area contributed by atoms with E-state index in [9.17, 15) is 0 Å². The predicted octanol–water partition coefficient (Wildman–Crippen LogP) is 4.87. The molecule has 0 aromatic heterocycles. The molecule has 0 atom stereocenters. The van der Waals surface area contributed by atoms with Crippen LogP contribution in [0.15, 0.2) is 42.5 Å². The van der Waals surface area contributed by atoms with E-state index in [0.717, 1.165) is 12.2 Å². The summed E-state index contributed by atoms with van der Waals surface area (Å²) in [5.41, 5.74) is 2.81. The summed E-state index contributed by atoms with van der Waals surface area (Å²) >= 11 is 0. The molecule has 0 amide bonds. The molecule has 0 aliphatic rings. The van der Waals surface area contributed by atoms with E-state index in [4.69, 9.17) is 4.74 Å². The van der Waals surface area contributed by atoms with Crippen molar-refractivity contribution in [2.75, 3.05) is 7.11 Å². The van der Waals surface area contributed by atoms with Crippen LogP contribution in [0.3, 0.4) is 0 Å². The summed E-state index contributed by atoms with van der Waals surface area (Å²) in [7, 11) is 1.72. The fourth-order valence-electron chi connectivity index (χ4n) is 3.00. The van der Waals surface area contributed by atoms with Crippen molar-refractivity contribution < 1.29 is 4.74 Å². The Hall–Kier alpha value is -2.02. The maximum Gasteiger partial charge on any atom is 0.119 e. The minimum Gasteiger partial charge on any atom is -0.497 e. The maximum atomic E-state index is 5.36. The van der Waals surface area contributed by atoms with Crippen molar-refractivity contribution in [3.8, 4) is 5.75 Å². The highest BCUT2D eigenvalue weighted by Gasteiger charge is 2.10. The van der Waals surface area contributed by atoms with Gasteiger partial charge in [-0.3, -0.25) is 0 Å². The van der Waals surface area contributed by atoms with Crippen LogP contribution in [0, 0.1) is 6.92 Å². The molecule has 0 saturated heterocycles. The van der Waals surface area contributed by atoms with Gasteiger partial charge in [0.25, 0.3) is 0 Å². The first kappa shape index (κ1) is 12.0. The Morgan fingerprint density at radius 2 is 1.58 bits per heavy atom. The van der Waals surface area contributed by atoms with Gasteiger partial charge in [-0.2, -0.15) is 0 Å². The fourth-order valence-corrected chi connectivity index (χ4v) is 3.00. The largest absolute Gasteiger partial charge is 0.497 e. The Morgan fingerprint density at radius 3 is 2.26 bits per heavy atom. The number of hydrogen-bond donors (Lipinski definition) is 0. The van der Waals surface area contributed by atoms with Gasteiger partial charge < -0.3 is 4.74 Å². The van der Waals surface area contributed by atoms with Crippen LogP contribution in [0.4, 0.5) is 0 Å². The van der Waals surface area contributed by atoms with E-state index in [2.05, 4.69) is 50.2 Å². The molecule has 1 nitrogen and oxygen atoms in total. The highest BCUT2D eigenvalue weighted by molar-refractivity contribution is 6.11. The fraction of sp³-hybridized carbons (Fsp3) is 0.222. The minimum atomic E-state index is 0.924. The second-order valence-corrected chi connectivity index (χ2v) is 4.91. The van der Waals surface area contributed by atoms with Crippen LogP contribution in [0.2, 0.25) is 0 Å². The van der Waals surface area contributed by atoms with Gasteiger partial charge in [0, 0.05) is 0 Å². The van der Waals surface area contributed by atoms with Gasteiger partial charge in [-0.25, -0.2) is 0 Å². The van der Waals surface area contributed by atoms with Gasteiger partial charge >= 0.3 is 0 Å². The van der Waals surface area contributed by atoms with Crippen molar-refractivity contribution >= 4 is 21.5 Å². The molecule has 3 rings (SSSR count). The molecule has 0 radical (unpaired) electrons. The number of hydrogen-bond acceptors (Lipinski definition) is 1. The third-order valence-corrected chi connectivity index (χ3v) is 3.98. The van der Waals surface area contributed by atoms with Crippen molar-refractivity contribution in [1.29, 1.82) is 0 Å². The highest BCUT2D eigenvalue weighted by Crippen LogP contribution is 2.34. The molecule has 0 spiro atoms. The first-order valence-corrected chi connectivity index (χ1v) is 6.74. The molecule has 0 N–H and O–H groups in total. The lowest BCUT2D eigenvalue weighted by Crippen LogP contribution is -1.93. The molecule has 0 aliphatic heterocycles. The quantitative estimate of drug-likeness (QED) is 0.589. The zero-order valence-corrected chi connectivity index (χ0v) is 11.7. The Balaban J connectivity index is 2.54. The van der Waals surface area contributed by atoms with Crippen LogP contribution >= 0.6 is 0 Å². The molecular formula is C18H18O. The summed E-state index contributed by atoms with van der Waals surface area (Å²) in [5, 5.41) is 5.32. The van der Waals surface area contributed by atoms with E-state index in [1.165, 1.54) is 32.7 Å². The van der Waals surface area contributed by atoms with Gasteiger partial charge in [0.1, 0.15) is 5.75 Å². The van der Waals surface area contributed by atoms with E-state index < -0.39 is 0 Å². The van der Waals surface area contributed by atoms with Crippen LogP contribution in [-0.2, 0) is 6.42 Å². The van der Waals surface area contributed by atoms with Gasteiger partial charge in [-0.15, -0.1) is 0 Å². The number of benzene rings is 3. The number of methoxy groups -OCH3 is 1.